The summed E-state index contributed by atoms with van der Waals surface area (Å²) in [4.78, 5) is 52.1. The molecule has 2 aliphatic rings. The molecule has 0 radical (unpaired) electrons. The van der Waals surface area contributed by atoms with Gasteiger partial charge in [-0.2, -0.15) is 0 Å². The van der Waals surface area contributed by atoms with Crippen molar-refractivity contribution in [3.05, 3.63) is 74.2 Å². The molecule has 1 N–H and O–H groups in total. The van der Waals surface area contributed by atoms with Crippen LogP contribution in [0.2, 0.25) is 0 Å². The van der Waals surface area contributed by atoms with Crippen molar-refractivity contribution in [2.24, 2.45) is 0 Å². The number of hydrogen-bond donors (Lipinski definition) is 1. The molecule has 0 spiro atoms. The summed E-state index contributed by atoms with van der Waals surface area (Å²) in [6, 6.07) is 11.7. The van der Waals surface area contributed by atoms with E-state index in [0.717, 1.165) is 27.8 Å². The van der Waals surface area contributed by atoms with Crippen molar-refractivity contribution in [1.82, 2.24) is 10.2 Å². The summed E-state index contributed by atoms with van der Waals surface area (Å²) >= 11 is 0.855. The van der Waals surface area contributed by atoms with Gasteiger partial charge >= 0.3 is 0 Å². The number of amides is 3. The number of non-ortho nitro benzene ring substituents is 1. The third-order valence-electron chi connectivity index (χ3n) is 5.66. The Morgan fingerprint density at radius 1 is 1.17 bits per heavy atom. The van der Waals surface area contributed by atoms with Crippen molar-refractivity contribution in [3.8, 4) is 0 Å². The summed E-state index contributed by atoms with van der Waals surface area (Å²) in [6.45, 7) is 4.07. The molecule has 11 heteroatoms. The van der Waals surface area contributed by atoms with Gasteiger partial charge < -0.3 is 15.0 Å². The topological polar surface area (TPSA) is 122 Å². The van der Waals surface area contributed by atoms with Gasteiger partial charge in [-0.05, 0) is 36.4 Å². The summed E-state index contributed by atoms with van der Waals surface area (Å²) < 4.78 is 5.35. The standard InChI is InChI=1S/C24H24N4O6S/c1-16-2-4-17(5-3-16)14-21-23(30)27(24(31)35-21)9-8-25-22(29)19-15-18(28(32)33)6-7-20(19)26-10-12-34-13-11-26/h2-7,14-15H,8-13H2,1H3,(H,25,29). The SMILES string of the molecule is Cc1ccc(C=C2SC(=O)N(CCNC(=O)c3cc([N+](=O)[O-])ccc3N3CCOCC3)C2=O)cc1. The van der Waals surface area contributed by atoms with Gasteiger partial charge in [0, 0.05) is 38.3 Å². The number of carbonyl (C=O) groups excluding carboxylic acids is 3. The van der Waals surface area contributed by atoms with Crippen molar-refractivity contribution in [1.29, 1.82) is 0 Å². The van der Waals surface area contributed by atoms with Gasteiger partial charge in [-0.25, -0.2) is 0 Å². The van der Waals surface area contributed by atoms with Gasteiger partial charge in [0.2, 0.25) is 0 Å². The van der Waals surface area contributed by atoms with Crippen LogP contribution in [-0.2, 0) is 9.53 Å². The molecule has 182 valence electrons. The van der Waals surface area contributed by atoms with Crippen molar-refractivity contribution in [3.63, 3.8) is 0 Å². The monoisotopic (exact) mass is 496 g/mol. The number of nitro groups is 1. The van der Waals surface area contributed by atoms with Crippen molar-refractivity contribution >= 4 is 46.3 Å². The van der Waals surface area contributed by atoms with Crippen LogP contribution in [0.4, 0.5) is 16.2 Å². The molecule has 0 unspecified atom stereocenters. The molecular weight excluding hydrogens is 472 g/mol. The number of morpholine rings is 1. The van der Waals surface area contributed by atoms with Gasteiger partial charge in [0.1, 0.15) is 0 Å². The first kappa shape index (κ1) is 24.4. The first-order valence-electron chi connectivity index (χ1n) is 11.0. The molecule has 2 saturated heterocycles. The third-order valence-corrected chi connectivity index (χ3v) is 6.56. The average Bonchev–Trinajstić information content (AvgIpc) is 3.12. The molecule has 0 aliphatic carbocycles. The molecule has 2 fully saturated rings. The highest BCUT2D eigenvalue weighted by atomic mass is 32.2. The minimum Gasteiger partial charge on any atom is -0.378 e. The maximum atomic E-state index is 13.0. The highest BCUT2D eigenvalue weighted by Crippen LogP contribution is 2.32. The van der Waals surface area contributed by atoms with Gasteiger partial charge in [0.25, 0.3) is 22.7 Å². The molecule has 0 atom stereocenters. The quantitative estimate of drug-likeness (QED) is 0.352. The maximum absolute atomic E-state index is 13.0. The van der Waals surface area contributed by atoms with Crippen LogP contribution in [0.1, 0.15) is 21.5 Å². The molecule has 3 amide bonds. The number of rotatable bonds is 7. The van der Waals surface area contributed by atoms with E-state index in [1.54, 1.807) is 12.1 Å². The van der Waals surface area contributed by atoms with Crippen LogP contribution in [0, 0.1) is 17.0 Å². The fourth-order valence-electron chi connectivity index (χ4n) is 3.78. The predicted octanol–water partition coefficient (Wildman–Crippen LogP) is 3.21. The summed E-state index contributed by atoms with van der Waals surface area (Å²) in [7, 11) is 0. The fraction of sp³-hybridized carbons (Fsp3) is 0.292. The second-order valence-corrected chi connectivity index (χ2v) is 9.05. The zero-order valence-corrected chi connectivity index (χ0v) is 19.9. The predicted molar refractivity (Wildman–Crippen MR) is 132 cm³/mol. The average molecular weight is 497 g/mol. The van der Waals surface area contributed by atoms with Gasteiger partial charge in [-0.1, -0.05) is 29.8 Å². The Morgan fingerprint density at radius 2 is 1.89 bits per heavy atom. The number of benzene rings is 2. The molecule has 0 aromatic heterocycles. The number of nitrogens with zero attached hydrogens (tertiary/aromatic N) is 3. The number of nitro benzene ring substituents is 1. The number of thioether (sulfide) groups is 1. The first-order valence-corrected chi connectivity index (χ1v) is 11.9. The number of carbonyl (C=O) groups is 3. The van der Waals surface area contributed by atoms with E-state index < -0.39 is 22.0 Å². The molecule has 2 aromatic rings. The van der Waals surface area contributed by atoms with E-state index in [-0.39, 0.29) is 24.3 Å². The zero-order valence-electron chi connectivity index (χ0n) is 19.1. The van der Waals surface area contributed by atoms with Crippen LogP contribution in [0.3, 0.4) is 0 Å². The number of nitrogens with one attached hydrogen (secondary N) is 1. The third kappa shape index (κ3) is 5.69. The van der Waals surface area contributed by atoms with E-state index in [0.29, 0.717) is 36.9 Å². The normalized spacial score (nSPS) is 17.2. The number of aryl methyl sites for hydroxylation is 1. The minimum absolute atomic E-state index is 0.0105. The van der Waals surface area contributed by atoms with Crippen molar-refractivity contribution < 1.29 is 24.0 Å². The lowest BCUT2D eigenvalue weighted by Gasteiger charge is -2.30. The van der Waals surface area contributed by atoms with E-state index in [1.165, 1.54) is 12.1 Å². The number of anilines is 1. The van der Waals surface area contributed by atoms with Gasteiger partial charge in [-0.3, -0.25) is 29.4 Å². The van der Waals surface area contributed by atoms with Gasteiger partial charge in [-0.15, -0.1) is 0 Å². The molecule has 2 aliphatic heterocycles. The van der Waals surface area contributed by atoms with E-state index >= 15 is 0 Å². The molecule has 10 nitrogen and oxygen atoms in total. The lowest BCUT2D eigenvalue weighted by Crippen LogP contribution is -2.39. The molecule has 0 saturated carbocycles. The lowest BCUT2D eigenvalue weighted by molar-refractivity contribution is -0.384. The van der Waals surface area contributed by atoms with Crippen LogP contribution in [-0.4, -0.2) is 66.3 Å². The largest absolute Gasteiger partial charge is 0.378 e. The number of imide groups is 1. The van der Waals surface area contributed by atoms with E-state index in [2.05, 4.69) is 5.32 Å². The molecular formula is C24H24N4O6S. The summed E-state index contributed by atoms with van der Waals surface area (Å²) in [5.41, 5.74) is 2.44. The van der Waals surface area contributed by atoms with Gasteiger partial charge in [0.15, 0.2) is 0 Å². The molecule has 35 heavy (non-hydrogen) atoms. The second kappa shape index (κ2) is 10.7. The van der Waals surface area contributed by atoms with Crippen LogP contribution in [0.5, 0.6) is 0 Å². The summed E-state index contributed by atoms with van der Waals surface area (Å²) in [5.74, 6) is -0.934. The Hall–Kier alpha value is -3.70. The first-order chi connectivity index (χ1) is 16.8. The second-order valence-electron chi connectivity index (χ2n) is 8.06. The van der Waals surface area contributed by atoms with E-state index in [9.17, 15) is 24.5 Å². The lowest BCUT2D eigenvalue weighted by atomic mass is 10.1. The molecule has 4 rings (SSSR count). The summed E-state index contributed by atoms with van der Waals surface area (Å²) in [5, 5.41) is 13.5. The Bertz CT molecular complexity index is 1190. The Morgan fingerprint density at radius 3 is 2.57 bits per heavy atom. The Balaban J connectivity index is 1.42. The van der Waals surface area contributed by atoms with Crippen LogP contribution in [0.15, 0.2) is 47.4 Å². The minimum atomic E-state index is -0.555. The Kier molecular flexibility index (Phi) is 7.47. The van der Waals surface area contributed by atoms with Crippen LogP contribution >= 0.6 is 11.8 Å². The zero-order chi connectivity index (χ0) is 24.9. The highest BCUT2D eigenvalue weighted by molar-refractivity contribution is 8.18. The summed E-state index contributed by atoms with van der Waals surface area (Å²) in [6.07, 6.45) is 1.67. The number of hydrogen-bond acceptors (Lipinski definition) is 8. The van der Waals surface area contributed by atoms with Crippen LogP contribution < -0.4 is 10.2 Å². The number of ether oxygens (including phenoxy) is 1. The Labute approximate surface area is 206 Å². The highest BCUT2D eigenvalue weighted by Gasteiger charge is 2.34. The molecule has 2 heterocycles. The molecule has 2 aromatic carbocycles. The van der Waals surface area contributed by atoms with Crippen LogP contribution in [0.25, 0.3) is 6.08 Å². The van der Waals surface area contributed by atoms with E-state index in [1.807, 2.05) is 36.1 Å². The van der Waals surface area contributed by atoms with Gasteiger partial charge in [0.05, 0.1) is 34.3 Å². The molecule has 0 bridgehead atoms. The van der Waals surface area contributed by atoms with Crippen molar-refractivity contribution in [2.45, 2.75) is 6.92 Å². The fourth-order valence-corrected chi connectivity index (χ4v) is 4.65. The van der Waals surface area contributed by atoms with Crippen molar-refractivity contribution in [2.75, 3.05) is 44.3 Å². The van der Waals surface area contributed by atoms with E-state index in [4.69, 9.17) is 4.74 Å². The smallest absolute Gasteiger partial charge is 0.293 e. The maximum Gasteiger partial charge on any atom is 0.293 e.